The number of nitrogens with one attached hydrogen (secondary N) is 1. The van der Waals surface area contributed by atoms with Gasteiger partial charge in [-0.15, -0.1) is 11.3 Å². The molecule has 0 radical (unpaired) electrons. The van der Waals surface area contributed by atoms with Crippen LogP contribution in [-0.2, 0) is 10.3 Å². The lowest BCUT2D eigenvalue weighted by molar-refractivity contribution is 0.177. The van der Waals surface area contributed by atoms with Crippen molar-refractivity contribution in [2.24, 2.45) is 0 Å². The van der Waals surface area contributed by atoms with E-state index in [-0.39, 0.29) is 5.54 Å². The van der Waals surface area contributed by atoms with E-state index >= 15 is 0 Å². The van der Waals surface area contributed by atoms with Gasteiger partial charge in [0.05, 0.1) is 17.8 Å². The van der Waals surface area contributed by atoms with Crippen LogP contribution in [-0.4, -0.2) is 25.2 Å². The average molecular weight is 298 g/mol. The maximum absolute atomic E-state index is 5.19. The first kappa shape index (κ1) is 17.6. The molecule has 0 bridgehead atoms. The van der Waals surface area contributed by atoms with E-state index in [4.69, 9.17) is 9.72 Å². The smallest absolute Gasteiger partial charge is 0.113 e. The van der Waals surface area contributed by atoms with Crippen LogP contribution in [0.25, 0.3) is 0 Å². The Bertz CT molecular complexity index is 378. The maximum Gasteiger partial charge on any atom is 0.113 e. The highest BCUT2D eigenvalue weighted by Crippen LogP contribution is 2.34. The molecule has 1 N–H and O–H groups in total. The fourth-order valence-corrected chi connectivity index (χ4v) is 3.63. The molecule has 1 aromatic rings. The van der Waals surface area contributed by atoms with Crippen molar-refractivity contribution in [2.45, 2.75) is 64.8 Å². The van der Waals surface area contributed by atoms with Gasteiger partial charge in [-0.05, 0) is 18.8 Å². The summed E-state index contributed by atoms with van der Waals surface area (Å²) in [5.74, 6) is 0.500. The van der Waals surface area contributed by atoms with Crippen molar-refractivity contribution in [2.75, 3.05) is 20.3 Å². The number of hydrogen-bond acceptors (Lipinski definition) is 4. The fourth-order valence-electron chi connectivity index (χ4n) is 2.37. The van der Waals surface area contributed by atoms with E-state index in [1.165, 1.54) is 23.5 Å². The quantitative estimate of drug-likeness (QED) is 0.654. The predicted molar refractivity (Wildman–Crippen MR) is 87.6 cm³/mol. The van der Waals surface area contributed by atoms with Crippen LogP contribution in [0, 0.1) is 0 Å². The molecule has 0 aliphatic rings. The largest absolute Gasteiger partial charge is 0.383 e. The molecule has 1 aromatic heterocycles. The van der Waals surface area contributed by atoms with E-state index in [1.54, 1.807) is 18.4 Å². The van der Waals surface area contributed by atoms with Crippen LogP contribution in [0.15, 0.2) is 5.38 Å². The van der Waals surface area contributed by atoms with Crippen molar-refractivity contribution in [1.29, 1.82) is 0 Å². The lowest BCUT2D eigenvalue weighted by atomic mass is 9.90. The van der Waals surface area contributed by atoms with Crippen LogP contribution in [0.5, 0.6) is 0 Å². The highest BCUT2D eigenvalue weighted by atomic mass is 32.1. The van der Waals surface area contributed by atoms with Gasteiger partial charge in [0.25, 0.3) is 0 Å². The van der Waals surface area contributed by atoms with Crippen molar-refractivity contribution in [3.8, 4) is 0 Å². The zero-order valence-electron chi connectivity index (χ0n) is 13.7. The number of aromatic nitrogens is 1. The van der Waals surface area contributed by atoms with Crippen LogP contribution in [0.4, 0.5) is 0 Å². The van der Waals surface area contributed by atoms with Gasteiger partial charge < -0.3 is 10.1 Å². The monoisotopic (exact) mass is 298 g/mol. The molecule has 3 nitrogen and oxygen atoms in total. The van der Waals surface area contributed by atoms with Crippen LogP contribution in [0.1, 0.15) is 70.0 Å². The second-order valence-electron chi connectivity index (χ2n) is 5.69. The maximum atomic E-state index is 5.19. The average Bonchev–Trinajstić information content (AvgIpc) is 2.93. The van der Waals surface area contributed by atoms with Gasteiger partial charge in [0.15, 0.2) is 0 Å². The van der Waals surface area contributed by atoms with Crippen molar-refractivity contribution >= 4 is 11.3 Å². The minimum atomic E-state index is 0.0202. The van der Waals surface area contributed by atoms with Gasteiger partial charge in [0.2, 0.25) is 0 Å². The highest BCUT2D eigenvalue weighted by molar-refractivity contribution is 7.09. The Morgan fingerprint density at radius 3 is 2.65 bits per heavy atom. The zero-order chi connectivity index (χ0) is 15.0. The molecule has 0 spiro atoms. The second kappa shape index (κ2) is 8.75. The zero-order valence-corrected chi connectivity index (χ0v) is 14.5. The fraction of sp³-hybridized carbons (Fsp3) is 0.812. The van der Waals surface area contributed by atoms with Crippen molar-refractivity contribution in [3.05, 3.63) is 16.1 Å². The summed E-state index contributed by atoms with van der Waals surface area (Å²) >= 11 is 1.80. The Kier molecular flexibility index (Phi) is 7.70. The Hall–Kier alpha value is -0.450. The molecule has 116 valence electrons. The van der Waals surface area contributed by atoms with E-state index in [0.717, 1.165) is 26.0 Å². The number of nitrogens with zero attached hydrogens (tertiary/aromatic N) is 1. The summed E-state index contributed by atoms with van der Waals surface area (Å²) in [6, 6.07) is 0. The van der Waals surface area contributed by atoms with Crippen LogP contribution >= 0.6 is 11.3 Å². The summed E-state index contributed by atoms with van der Waals surface area (Å²) in [6.45, 7) is 10.5. The molecule has 0 saturated heterocycles. The number of hydrogen-bond donors (Lipinski definition) is 1. The van der Waals surface area contributed by atoms with Gasteiger partial charge in [-0.1, -0.05) is 40.5 Å². The Balaban J connectivity index is 2.92. The summed E-state index contributed by atoms with van der Waals surface area (Å²) in [5.41, 5.74) is 1.24. The SMILES string of the molecule is CCCCC(CC)(NCCOC)c1nc(C(C)C)cs1. The number of rotatable bonds is 10. The standard InChI is InChI=1S/C16H30N2OS/c1-6-8-9-16(7-2,17-10-11-19-5)15-18-14(12-20-15)13(3)4/h12-13,17H,6-11H2,1-5H3. The molecule has 1 atom stereocenters. The van der Waals surface area contributed by atoms with Gasteiger partial charge >= 0.3 is 0 Å². The van der Waals surface area contributed by atoms with Gasteiger partial charge in [-0.3, -0.25) is 0 Å². The number of unbranched alkanes of at least 4 members (excludes halogenated alkanes) is 1. The number of thiazole rings is 1. The highest BCUT2D eigenvalue weighted by Gasteiger charge is 2.32. The molecule has 1 heterocycles. The molecule has 20 heavy (non-hydrogen) atoms. The summed E-state index contributed by atoms with van der Waals surface area (Å²) in [6.07, 6.45) is 4.66. The normalized spacial score (nSPS) is 14.7. The molecule has 0 fully saturated rings. The van der Waals surface area contributed by atoms with Gasteiger partial charge in [-0.25, -0.2) is 4.98 Å². The third-order valence-electron chi connectivity index (χ3n) is 3.85. The molecule has 1 rings (SSSR count). The Morgan fingerprint density at radius 2 is 2.15 bits per heavy atom. The molecule has 0 aliphatic heterocycles. The van der Waals surface area contributed by atoms with E-state index in [0.29, 0.717) is 5.92 Å². The second-order valence-corrected chi connectivity index (χ2v) is 6.55. The van der Waals surface area contributed by atoms with E-state index < -0.39 is 0 Å². The van der Waals surface area contributed by atoms with E-state index in [9.17, 15) is 0 Å². The minimum absolute atomic E-state index is 0.0202. The summed E-state index contributed by atoms with van der Waals surface area (Å²) in [4.78, 5) is 4.90. The van der Waals surface area contributed by atoms with Gasteiger partial charge in [0, 0.05) is 19.0 Å². The number of ether oxygens (including phenoxy) is 1. The first-order valence-electron chi connectivity index (χ1n) is 7.79. The molecular formula is C16H30N2OS. The lowest BCUT2D eigenvalue weighted by Crippen LogP contribution is -2.43. The third-order valence-corrected chi connectivity index (χ3v) is 4.92. The minimum Gasteiger partial charge on any atom is -0.383 e. The summed E-state index contributed by atoms with van der Waals surface area (Å²) < 4.78 is 5.19. The molecule has 1 unspecified atom stereocenters. The third kappa shape index (κ3) is 4.54. The molecule has 0 aromatic carbocycles. The van der Waals surface area contributed by atoms with E-state index in [2.05, 4.69) is 38.4 Å². The summed E-state index contributed by atoms with van der Waals surface area (Å²) in [5, 5.41) is 7.17. The van der Waals surface area contributed by atoms with Crippen molar-refractivity contribution < 1.29 is 4.74 Å². The van der Waals surface area contributed by atoms with Gasteiger partial charge in [0.1, 0.15) is 5.01 Å². The molecular weight excluding hydrogens is 268 g/mol. The number of methoxy groups -OCH3 is 1. The first-order chi connectivity index (χ1) is 9.59. The van der Waals surface area contributed by atoms with Crippen molar-refractivity contribution in [1.82, 2.24) is 10.3 Å². The topological polar surface area (TPSA) is 34.1 Å². The van der Waals surface area contributed by atoms with Crippen molar-refractivity contribution in [3.63, 3.8) is 0 Å². The van der Waals surface area contributed by atoms with E-state index in [1.807, 2.05) is 0 Å². The lowest BCUT2D eigenvalue weighted by Gasteiger charge is -2.32. The predicted octanol–water partition coefficient (Wildman–Crippen LogP) is 4.30. The molecule has 4 heteroatoms. The molecule has 0 aliphatic carbocycles. The Labute approximate surface area is 128 Å². The Morgan fingerprint density at radius 1 is 1.40 bits per heavy atom. The van der Waals surface area contributed by atoms with Crippen LogP contribution in [0.2, 0.25) is 0 Å². The molecule has 0 saturated carbocycles. The van der Waals surface area contributed by atoms with Gasteiger partial charge in [-0.2, -0.15) is 0 Å². The van der Waals surface area contributed by atoms with Crippen LogP contribution < -0.4 is 5.32 Å². The first-order valence-corrected chi connectivity index (χ1v) is 8.67. The molecule has 0 amide bonds. The summed E-state index contributed by atoms with van der Waals surface area (Å²) in [7, 11) is 1.75. The van der Waals surface area contributed by atoms with Crippen LogP contribution in [0.3, 0.4) is 0 Å².